The number of piperazine rings is 1. The van der Waals surface area contributed by atoms with Crippen molar-refractivity contribution < 1.29 is 14.5 Å². The molecular weight excluding hydrogens is 492 g/mol. The lowest BCUT2D eigenvalue weighted by atomic mass is 9.48. The number of ether oxygens (including phenoxy) is 1. The van der Waals surface area contributed by atoms with E-state index in [1.807, 2.05) is 42.2 Å². The van der Waals surface area contributed by atoms with E-state index in [2.05, 4.69) is 17.1 Å². The molecule has 2 aromatic carbocycles. The van der Waals surface area contributed by atoms with E-state index in [-0.39, 0.29) is 28.0 Å². The maximum atomic E-state index is 13.1. The first kappa shape index (κ1) is 26.0. The molecule has 5 aliphatic rings. The Morgan fingerprint density at radius 1 is 1.05 bits per heavy atom. The van der Waals surface area contributed by atoms with Gasteiger partial charge in [-0.2, -0.15) is 0 Å². The Hall–Kier alpha value is -3.29. The number of nitro benzene ring substituents is 1. The molecule has 208 valence electrons. The number of hydrogen-bond donors (Lipinski definition) is 1. The van der Waals surface area contributed by atoms with Crippen molar-refractivity contribution in [2.45, 2.75) is 58.4 Å². The van der Waals surface area contributed by atoms with Crippen molar-refractivity contribution in [1.82, 2.24) is 4.90 Å². The molecular formula is C31H40N4O4. The van der Waals surface area contributed by atoms with Gasteiger partial charge in [0.1, 0.15) is 11.4 Å². The van der Waals surface area contributed by atoms with Crippen LogP contribution >= 0.6 is 0 Å². The molecule has 39 heavy (non-hydrogen) atoms. The van der Waals surface area contributed by atoms with Gasteiger partial charge < -0.3 is 19.9 Å². The number of benzene rings is 2. The third-order valence-corrected chi connectivity index (χ3v) is 9.88. The van der Waals surface area contributed by atoms with Crippen LogP contribution in [0.5, 0.6) is 5.75 Å². The van der Waals surface area contributed by atoms with Gasteiger partial charge in [0.25, 0.3) is 11.6 Å². The second-order valence-electron chi connectivity index (χ2n) is 12.3. The van der Waals surface area contributed by atoms with Gasteiger partial charge in [-0.15, -0.1) is 0 Å². The molecule has 1 saturated heterocycles. The number of amides is 1. The largest absolute Gasteiger partial charge is 0.494 e. The minimum Gasteiger partial charge on any atom is -0.494 e. The molecule has 0 spiro atoms. The highest BCUT2D eigenvalue weighted by molar-refractivity contribution is 5.94. The Balaban J connectivity index is 1.15. The molecule has 4 bridgehead atoms. The highest BCUT2D eigenvalue weighted by Gasteiger charge is 2.53. The smallest absolute Gasteiger partial charge is 0.292 e. The monoisotopic (exact) mass is 532 g/mol. The lowest BCUT2D eigenvalue weighted by molar-refractivity contribution is -0.384. The molecule has 1 N–H and O–H groups in total. The maximum absolute atomic E-state index is 13.1. The molecule has 1 aliphatic heterocycles. The number of nitrogens with zero attached hydrogens (tertiary/aromatic N) is 3. The van der Waals surface area contributed by atoms with E-state index in [1.165, 1.54) is 38.5 Å². The van der Waals surface area contributed by atoms with Crippen LogP contribution in [0.4, 0.5) is 17.1 Å². The summed E-state index contributed by atoms with van der Waals surface area (Å²) in [5.41, 5.74) is 2.61. The van der Waals surface area contributed by atoms with E-state index in [0.717, 1.165) is 23.4 Å². The summed E-state index contributed by atoms with van der Waals surface area (Å²) in [5, 5.41) is 15.6. The molecule has 4 aliphatic carbocycles. The molecule has 8 nitrogen and oxygen atoms in total. The number of anilines is 2. The highest BCUT2D eigenvalue weighted by Crippen LogP contribution is 2.61. The van der Waals surface area contributed by atoms with Gasteiger partial charge >= 0.3 is 0 Å². The minimum absolute atomic E-state index is 0.00616. The summed E-state index contributed by atoms with van der Waals surface area (Å²) in [5.74, 6) is 3.22. The fourth-order valence-electron chi connectivity index (χ4n) is 8.33. The molecule has 1 atom stereocenters. The Kier molecular flexibility index (Phi) is 6.89. The van der Waals surface area contributed by atoms with E-state index in [9.17, 15) is 14.9 Å². The lowest BCUT2D eigenvalue weighted by Gasteiger charge is -2.59. The average molecular weight is 533 g/mol. The van der Waals surface area contributed by atoms with Gasteiger partial charge in [-0.25, -0.2) is 0 Å². The number of nitrogens with one attached hydrogen (secondary N) is 1. The molecule has 7 rings (SSSR count). The van der Waals surface area contributed by atoms with Crippen molar-refractivity contribution in [2.75, 3.05) is 43.0 Å². The Morgan fingerprint density at radius 2 is 1.72 bits per heavy atom. The van der Waals surface area contributed by atoms with E-state index < -0.39 is 0 Å². The molecule has 1 unspecified atom stereocenters. The Bertz CT molecular complexity index is 1200. The van der Waals surface area contributed by atoms with Crippen LogP contribution in [0.2, 0.25) is 0 Å². The van der Waals surface area contributed by atoms with E-state index in [4.69, 9.17) is 4.74 Å². The minimum atomic E-state index is -0.272. The van der Waals surface area contributed by atoms with Crippen molar-refractivity contribution >= 4 is 23.0 Å². The van der Waals surface area contributed by atoms with Gasteiger partial charge in [0, 0.05) is 49.5 Å². The van der Waals surface area contributed by atoms with Crippen molar-refractivity contribution in [3.63, 3.8) is 0 Å². The number of carbonyl (C=O) groups is 1. The van der Waals surface area contributed by atoms with Gasteiger partial charge in [0.15, 0.2) is 0 Å². The first-order valence-electron chi connectivity index (χ1n) is 14.7. The standard InChI is InChI=1S/C31H40N4O4/c1-3-39-27-6-4-5-25(16-27)30(36)34-11-9-33(10-12-34)26-7-8-29(35(37)38)28(17-26)32-21(2)31-18-22-13-23(19-31)15-24(14-22)20-31/h4-8,16-17,21-24,32H,3,9-15,18-20H2,1-2H3. The van der Waals surface area contributed by atoms with Crippen LogP contribution in [-0.2, 0) is 0 Å². The van der Waals surface area contributed by atoms with Crippen molar-refractivity contribution in [1.29, 1.82) is 0 Å². The van der Waals surface area contributed by atoms with Gasteiger partial charge in [0.05, 0.1) is 11.5 Å². The predicted molar refractivity (Wildman–Crippen MR) is 153 cm³/mol. The summed E-state index contributed by atoms with van der Waals surface area (Å²) < 4.78 is 5.56. The van der Waals surface area contributed by atoms with E-state index in [1.54, 1.807) is 12.1 Å². The Labute approximate surface area is 230 Å². The zero-order chi connectivity index (χ0) is 27.1. The number of carbonyl (C=O) groups excluding carboxylic acids is 1. The second kappa shape index (κ2) is 10.4. The molecule has 1 amide bonds. The molecule has 0 aromatic heterocycles. The van der Waals surface area contributed by atoms with Gasteiger partial charge in [-0.1, -0.05) is 6.07 Å². The Morgan fingerprint density at radius 3 is 2.33 bits per heavy atom. The topological polar surface area (TPSA) is 88.0 Å². The third kappa shape index (κ3) is 5.06. The summed E-state index contributed by atoms with van der Waals surface area (Å²) >= 11 is 0. The van der Waals surface area contributed by atoms with Crippen LogP contribution < -0.4 is 15.0 Å². The zero-order valence-corrected chi connectivity index (χ0v) is 23.1. The second-order valence-corrected chi connectivity index (χ2v) is 12.3. The SMILES string of the molecule is CCOc1cccc(C(=O)N2CCN(c3ccc([N+](=O)[O-])c(NC(C)C45CC6CC(CC(C6)C4)C5)c3)CC2)c1. The van der Waals surface area contributed by atoms with Gasteiger partial charge in [0.2, 0.25) is 0 Å². The third-order valence-electron chi connectivity index (χ3n) is 9.88. The fourth-order valence-corrected chi connectivity index (χ4v) is 8.33. The number of rotatable bonds is 8. The van der Waals surface area contributed by atoms with Crippen LogP contribution in [0.25, 0.3) is 0 Å². The van der Waals surface area contributed by atoms with Crippen molar-refractivity contribution in [2.24, 2.45) is 23.2 Å². The lowest BCUT2D eigenvalue weighted by Crippen LogP contribution is -2.53. The summed E-state index contributed by atoms with van der Waals surface area (Å²) in [6.45, 7) is 7.29. The summed E-state index contributed by atoms with van der Waals surface area (Å²) in [6, 6.07) is 13.0. The van der Waals surface area contributed by atoms with Crippen LogP contribution in [0, 0.1) is 33.3 Å². The number of hydrogen-bond acceptors (Lipinski definition) is 6. The van der Waals surface area contributed by atoms with Crippen LogP contribution in [0.3, 0.4) is 0 Å². The average Bonchev–Trinajstić information content (AvgIpc) is 2.92. The molecule has 4 saturated carbocycles. The van der Waals surface area contributed by atoms with E-state index in [0.29, 0.717) is 49.8 Å². The maximum Gasteiger partial charge on any atom is 0.292 e. The van der Waals surface area contributed by atoms with Crippen LogP contribution in [-0.4, -0.2) is 54.6 Å². The molecule has 1 heterocycles. The van der Waals surface area contributed by atoms with Gasteiger partial charge in [-0.3, -0.25) is 14.9 Å². The quantitative estimate of drug-likeness (QED) is 0.333. The highest BCUT2D eigenvalue weighted by atomic mass is 16.6. The van der Waals surface area contributed by atoms with Crippen LogP contribution in [0.1, 0.15) is 62.7 Å². The van der Waals surface area contributed by atoms with Gasteiger partial charge in [-0.05, 0) is 106 Å². The molecule has 5 fully saturated rings. The molecule has 8 heteroatoms. The normalized spacial score (nSPS) is 28.3. The summed E-state index contributed by atoms with van der Waals surface area (Å²) in [4.78, 5) is 28.9. The summed E-state index contributed by atoms with van der Waals surface area (Å²) in [6.07, 6.45) is 7.91. The fraction of sp³-hybridized carbons (Fsp3) is 0.581. The first-order chi connectivity index (χ1) is 18.8. The summed E-state index contributed by atoms with van der Waals surface area (Å²) in [7, 11) is 0. The van der Waals surface area contributed by atoms with Crippen molar-refractivity contribution in [3.8, 4) is 5.75 Å². The molecule has 0 radical (unpaired) electrons. The number of nitro groups is 1. The zero-order valence-electron chi connectivity index (χ0n) is 23.1. The molecule has 2 aromatic rings. The van der Waals surface area contributed by atoms with Crippen LogP contribution in [0.15, 0.2) is 42.5 Å². The van der Waals surface area contributed by atoms with E-state index >= 15 is 0 Å². The van der Waals surface area contributed by atoms with Crippen molar-refractivity contribution in [3.05, 3.63) is 58.1 Å². The first-order valence-corrected chi connectivity index (χ1v) is 14.7. The predicted octanol–water partition coefficient (Wildman–Crippen LogP) is 5.97.